The van der Waals surface area contributed by atoms with E-state index in [1.54, 1.807) is 0 Å². The Hall–Kier alpha value is -2.18. The second-order valence-corrected chi connectivity index (χ2v) is 7.14. The lowest BCUT2D eigenvalue weighted by atomic mass is 9.95. The minimum absolute atomic E-state index is 0.0133. The number of carbonyl (C=O) groups is 1. The summed E-state index contributed by atoms with van der Waals surface area (Å²) in [6, 6.07) is 11.1. The van der Waals surface area contributed by atoms with Gasteiger partial charge in [0.2, 0.25) is 5.89 Å². The fourth-order valence-electron chi connectivity index (χ4n) is 4.10. The van der Waals surface area contributed by atoms with Crippen molar-refractivity contribution in [1.82, 2.24) is 14.8 Å². The molecule has 132 valence electrons. The average Bonchev–Trinajstić information content (AvgIpc) is 2.91. The molecule has 4 heterocycles. The Morgan fingerprint density at radius 3 is 2.76 bits per heavy atom. The lowest BCUT2D eigenvalue weighted by molar-refractivity contribution is 0.0690. The standard InChI is InChI=1S/C19H23N3O3/c23-19(24)17-13-25-18(20-17)12-22-10-15-6-7-16(22)11-21(9-15)8-14-4-2-1-3-5-14/h1-5,13,15-16H,6-12H2,(H,23,24)/t15-,16+/m1/s1. The predicted octanol–water partition coefficient (Wildman–Crippen LogP) is 2.47. The third-order valence-electron chi connectivity index (χ3n) is 5.26. The molecule has 0 radical (unpaired) electrons. The molecule has 5 rings (SSSR count). The van der Waals surface area contributed by atoms with E-state index in [0.29, 0.717) is 24.4 Å². The number of aromatic nitrogens is 1. The monoisotopic (exact) mass is 341 g/mol. The number of hydrogen-bond donors (Lipinski definition) is 1. The lowest BCUT2D eigenvalue weighted by Crippen LogP contribution is -2.43. The molecule has 2 atom stereocenters. The van der Waals surface area contributed by atoms with Gasteiger partial charge in [-0.05, 0) is 24.3 Å². The van der Waals surface area contributed by atoms with E-state index in [-0.39, 0.29) is 5.69 Å². The van der Waals surface area contributed by atoms with Crippen LogP contribution in [0.1, 0.15) is 34.8 Å². The van der Waals surface area contributed by atoms with E-state index in [1.165, 1.54) is 24.7 Å². The molecule has 0 unspecified atom stereocenters. The van der Waals surface area contributed by atoms with Crippen LogP contribution in [0.3, 0.4) is 0 Å². The first kappa shape index (κ1) is 16.3. The fourth-order valence-corrected chi connectivity index (χ4v) is 4.10. The number of fused-ring (bicyclic) bond motifs is 4. The first-order chi connectivity index (χ1) is 12.2. The number of carboxylic acid groups (broad SMARTS) is 1. The van der Waals surface area contributed by atoms with Crippen molar-refractivity contribution in [2.45, 2.75) is 32.0 Å². The molecule has 2 bridgehead atoms. The van der Waals surface area contributed by atoms with Gasteiger partial charge in [0.25, 0.3) is 0 Å². The topological polar surface area (TPSA) is 69.8 Å². The maximum Gasteiger partial charge on any atom is 0.357 e. The van der Waals surface area contributed by atoms with Crippen LogP contribution < -0.4 is 0 Å². The van der Waals surface area contributed by atoms with Crippen molar-refractivity contribution < 1.29 is 14.3 Å². The molecule has 3 aliphatic heterocycles. The predicted molar refractivity (Wildman–Crippen MR) is 92.1 cm³/mol. The van der Waals surface area contributed by atoms with Crippen LogP contribution >= 0.6 is 0 Å². The van der Waals surface area contributed by atoms with Gasteiger partial charge in [-0.15, -0.1) is 0 Å². The molecule has 6 nitrogen and oxygen atoms in total. The minimum atomic E-state index is -1.04. The van der Waals surface area contributed by atoms with E-state index in [2.05, 4.69) is 45.1 Å². The third kappa shape index (κ3) is 3.75. The van der Waals surface area contributed by atoms with E-state index < -0.39 is 5.97 Å². The summed E-state index contributed by atoms with van der Waals surface area (Å²) in [7, 11) is 0. The molecule has 3 saturated heterocycles. The van der Waals surface area contributed by atoms with Crippen molar-refractivity contribution in [1.29, 1.82) is 0 Å². The summed E-state index contributed by atoms with van der Waals surface area (Å²) < 4.78 is 5.35. The van der Waals surface area contributed by atoms with Gasteiger partial charge in [-0.2, -0.15) is 0 Å². The summed E-state index contributed by atoms with van der Waals surface area (Å²) in [6.45, 7) is 4.77. The van der Waals surface area contributed by atoms with E-state index in [0.717, 1.165) is 26.2 Å². The highest BCUT2D eigenvalue weighted by atomic mass is 16.4. The molecular weight excluding hydrogens is 318 g/mol. The molecule has 1 aromatic carbocycles. The second kappa shape index (κ2) is 6.98. The first-order valence-corrected chi connectivity index (χ1v) is 8.85. The highest BCUT2D eigenvalue weighted by molar-refractivity contribution is 5.84. The van der Waals surface area contributed by atoms with Gasteiger partial charge in [0.15, 0.2) is 5.69 Å². The zero-order chi connectivity index (χ0) is 17.2. The van der Waals surface area contributed by atoms with Gasteiger partial charge in [0.1, 0.15) is 6.26 Å². The Morgan fingerprint density at radius 1 is 1.16 bits per heavy atom. The largest absolute Gasteiger partial charge is 0.476 e. The molecule has 0 aliphatic carbocycles. The second-order valence-electron chi connectivity index (χ2n) is 7.14. The number of oxazole rings is 1. The number of benzene rings is 1. The van der Waals surface area contributed by atoms with E-state index in [1.807, 2.05) is 0 Å². The Balaban J connectivity index is 1.43. The Bertz CT molecular complexity index is 731. The number of piperidine rings is 1. The molecule has 2 aromatic rings. The number of rotatable bonds is 5. The van der Waals surface area contributed by atoms with Gasteiger partial charge in [-0.1, -0.05) is 30.3 Å². The first-order valence-electron chi connectivity index (χ1n) is 8.85. The molecule has 0 spiro atoms. The summed E-state index contributed by atoms with van der Waals surface area (Å²) >= 11 is 0. The van der Waals surface area contributed by atoms with E-state index in [9.17, 15) is 4.79 Å². The van der Waals surface area contributed by atoms with Crippen LogP contribution in [0.2, 0.25) is 0 Å². The van der Waals surface area contributed by atoms with Gasteiger partial charge in [-0.25, -0.2) is 9.78 Å². The Kier molecular flexibility index (Phi) is 4.55. The van der Waals surface area contributed by atoms with Crippen molar-refractivity contribution in [2.75, 3.05) is 19.6 Å². The maximum atomic E-state index is 11.0. The molecule has 3 fully saturated rings. The Morgan fingerprint density at radius 2 is 2.00 bits per heavy atom. The number of aromatic carboxylic acids is 1. The quantitative estimate of drug-likeness (QED) is 0.901. The zero-order valence-corrected chi connectivity index (χ0v) is 14.2. The molecule has 1 aromatic heterocycles. The van der Waals surface area contributed by atoms with Crippen LogP contribution in [0.5, 0.6) is 0 Å². The molecule has 25 heavy (non-hydrogen) atoms. The van der Waals surface area contributed by atoms with Crippen LogP contribution in [0.25, 0.3) is 0 Å². The molecule has 1 N–H and O–H groups in total. The van der Waals surface area contributed by atoms with Crippen LogP contribution in [-0.4, -0.2) is 51.5 Å². The van der Waals surface area contributed by atoms with Crippen molar-refractivity contribution in [3.63, 3.8) is 0 Å². The lowest BCUT2D eigenvalue weighted by Gasteiger charge is -2.35. The zero-order valence-electron chi connectivity index (χ0n) is 14.2. The fraction of sp³-hybridized carbons (Fsp3) is 0.474. The maximum absolute atomic E-state index is 11.0. The number of nitrogens with zero attached hydrogens (tertiary/aromatic N) is 3. The van der Waals surface area contributed by atoms with Crippen molar-refractivity contribution in [3.8, 4) is 0 Å². The molecule has 6 heteroatoms. The normalized spacial score (nSPS) is 24.3. The van der Waals surface area contributed by atoms with Gasteiger partial charge in [0, 0.05) is 32.2 Å². The third-order valence-corrected chi connectivity index (χ3v) is 5.26. The van der Waals surface area contributed by atoms with E-state index in [4.69, 9.17) is 9.52 Å². The highest BCUT2D eigenvalue weighted by Crippen LogP contribution is 2.29. The Labute approximate surface area is 147 Å². The van der Waals surface area contributed by atoms with Gasteiger partial charge < -0.3 is 9.52 Å². The SMILES string of the molecule is O=C(O)c1coc(CN2C[C@@H]3CC[C@H]2CN(Cc2ccccc2)C3)n1. The van der Waals surface area contributed by atoms with Crippen LogP contribution in [-0.2, 0) is 13.1 Å². The van der Waals surface area contributed by atoms with Crippen LogP contribution in [0, 0.1) is 5.92 Å². The van der Waals surface area contributed by atoms with Crippen molar-refractivity contribution in [2.24, 2.45) is 5.92 Å². The van der Waals surface area contributed by atoms with Gasteiger partial charge in [-0.3, -0.25) is 9.80 Å². The number of hydrogen-bond acceptors (Lipinski definition) is 5. The number of carboxylic acids is 1. The van der Waals surface area contributed by atoms with Gasteiger partial charge >= 0.3 is 5.97 Å². The molecule has 3 aliphatic rings. The molecule has 0 saturated carbocycles. The van der Waals surface area contributed by atoms with Crippen molar-refractivity contribution >= 4 is 5.97 Å². The van der Waals surface area contributed by atoms with E-state index >= 15 is 0 Å². The highest BCUT2D eigenvalue weighted by Gasteiger charge is 2.35. The van der Waals surface area contributed by atoms with Crippen LogP contribution in [0.4, 0.5) is 0 Å². The van der Waals surface area contributed by atoms with Gasteiger partial charge in [0.05, 0.1) is 6.54 Å². The van der Waals surface area contributed by atoms with Crippen LogP contribution in [0.15, 0.2) is 41.0 Å². The summed E-state index contributed by atoms with van der Waals surface area (Å²) in [6.07, 6.45) is 3.68. The molecule has 0 amide bonds. The summed E-state index contributed by atoms with van der Waals surface area (Å²) in [5.41, 5.74) is 1.34. The summed E-state index contributed by atoms with van der Waals surface area (Å²) in [5, 5.41) is 8.99. The average molecular weight is 341 g/mol. The van der Waals surface area contributed by atoms with Crippen molar-refractivity contribution in [3.05, 3.63) is 53.7 Å². The molecular formula is C19H23N3O3. The smallest absolute Gasteiger partial charge is 0.357 e. The summed E-state index contributed by atoms with van der Waals surface area (Å²) in [4.78, 5) is 20.0. The minimum Gasteiger partial charge on any atom is -0.476 e. The summed E-state index contributed by atoms with van der Waals surface area (Å²) in [5.74, 6) is 0.109.